The van der Waals surface area contributed by atoms with Gasteiger partial charge in [-0.15, -0.1) is 0 Å². The van der Waals surface area contributed by atoms with Crippen molar-refractivity contribution in [1.82, 2.24) is 5.32 Å². The van der Waals surface area contributed by atoms with Crippen molar-refractivity contribution in [3.05, 3.63) is 58.7 Å². The van der Waals surface area contributed by atoms with Gasteiger partial charge >= 0.3 is 0 Å². The minimum absolute atomic E-state index is 0.0887. The Bertz CT molecular complexity index is 623. The van der Waals surface area contributed by atoms with Gasteiger partial charge in [0, 0.05) is 5.56 Å². The van der Waals surface area contributed by atoms with E-state index >= 15 is 0 Å². The molecule has 0 amide bonds. The molecule has 0 saturated heterocycles. The normalized spacial score (nSPS) is 12.0. The van der Waals surface area contributed by atoms with Crippen LogP contribution in [0.1, 0.15) is 28.3 Å². The van der Waals surface area contributed by atoms with Gasteiger partial charge in [0.2, 0.25) is 0 Å². The van der Waals surface area contributed by atoms with Crippen LogP contribution < -0.4 is 14.8 Å². The summed E-state index contributed by atoms with van der Waals surface area (Å²) in [5.74, 6) is 1.82. The SMILES string of the molecule is CNC(c1cc(C)c(OC)cc1C)c1ccccc1OC. The highest BCUT2D eigenvalue weighted by atomic mass is 16.5. The largest absolute Gasteiger partial charge is 0.496 e. The molecule has 112 valence electrons. The fourth-order valence-electron chi connectivity index (χ4n) is 2.73. The molecule has 0 saturated carbocycles. The Kier molecular flexibility index (Phi) is 4.86. The summed E-state index contributed by atoms with van der Waals surface area (Å²) in [7, 11) is 5.38. The van der Waals surface area contributed by atoms with E-state index in [0.717, 1.165) is 22.6 Å². The van der Waals surface area contributed by atoms with Gasteiger partial charge in [-0.3, -0.25) is 0 Å². The van der Waals surface area contributed by atoms with E-state index in [2.05, 4.69) is 37.4 Å². The number of hydrogen-bond acceptors (Lipinski definition) is 3. The summed E-state index contributed by atoms with van der Waals surface area (Å²) < 4.78 is 10.9. The molecule has 3 nitrogen and oxygen atoms in total. The van der Waals surface area contributed by atoms with Gasteiger partial charge in [-0.1, -0.05) is 24.3 Å². The van der Waals surface area contributed by atoms with Crippen molar-refractivity contribution in [3.8, 4) is 11.5 Å². The van der Waals surface area contributed by atoms with Crippen LogP contribution in [0.5, 0.6) is 11.5 Å². The quantitative estimate of drug-likeness (QED) is 0.910. The van der Waals surface area contributed by atoms with Crippen molar-refractivity contribution in [2.45, 2.75) is 19.9 Å². The van der Waals surface area contributed by atoms with Crippen molar-refractivity contribution in [3.63, 3.8) is 0 Å². The predicted molar refractivity (Wildman–Crippen MR) is 86.4 cm³/mol. The van der Waals surface area contributed by atoms with E-state index in [4.69, 9.17) is 9.47 Å². The maximum atomic E-state index is 5.50. The lowest BCUT2D eigenvalue weighted by Gasteiger charge is -2.23. The van der Waals surface area contributed by atoms with Gasteiger partial charge in [0.05, 0.1) is 20.3 Å². The van der Waals surface area contributed by atoms with Crippen LogP contribution in [0.25, 0.3) is 0 Å². The molecule has 0 fully saturated rings. The smallest absolute Gasteiger partial charge is 0.123 e. The highest BCUT2D eigenvalue weighted by molar-refractivity contribution is 5.48. The van der Waals surface area contributed by atoms with E-state index in [-0.39, 0.29) is 6.04 Å². The molecular formula is C18H23NO2. The van der Waals surface area contributed by atoms with Gasteiger partial charge < -0.3 is 14.8 Å². The predicted octanol–water partition coefficient (Wildman–Crippen LogP) is 3.63. The number of ether oxygens (including phenoxy) is 2. The lowest BCUT2D eigenvalue weighted by Crippen LogP contribution is -2.19. The molecule has 0 aliphatic carbocycles. The standard InChI is InChI=1S/C18H23NO2/c1-12-11-17(21-5)13(2)10-15(12)18(19-3)14-8-6-7-9-16(14)20-4/h6-11,18-19H,1-5H3. The second kappa shape index (κ2) is 6.64. The first kappa shape index (κ1) is 15.4. The van der Waals surface area contributed by atoms with Crippen LogP contribution in [0.2, 0.25) is 0 Å². The van der Waals surface area contributed by atoms with E-state index < -0.39 is 0 Å². The Morgan fingerprint density at radius 3 is 2.14 bits per heavy atom. The van der Waals surface area contributed by atoms with Crippen LogP contribution in [0, 0.1) is 13.8 Å². The summed E-state index contributed by atoms with van der Waals surface area (Å²) in [6.45, 7) is 4.17. The van der Waals surface area contributed by atoms with Gasteiger partial charge in [0.15, 0.2) is 0 Å². The zero-order chi connectivity index (χ0) is 15.4. The molecule has 2 aromatic rings. The number of para-hydroxylation sites is 1. The maximum absolute atomic E-state index is 5.50. The molecule has 0 aliphatic rings. The van der Waals surface area contributed by atoms with Crippen LogP contribution in [0.4, 0.5) is 0 Å². The summed E-state index contributed by atoms with van der Waals surface area (Å²) in [6, 6.07) is 12.5. The molecule has 0 bridgehead atoms. The number of aryl methyl sites for hydroxylation is 2. The maximum Gasteiger partial charge on any atom is 0.123 e. The van der Waals surface area contributed by atoms with Crippen molar-refractivity contribution in [2.75, 3.05) is 21.3 Å². The third-order valence-corrected chi connectivity index (χ3v) is 3.83. The van der Waals surface area contributed by atoms with E-state index in [1.807, 2.05) is 25.2 Å². The lowest BCUT2D eigenvalue weighted by molar-refractivity contribution is 0.404. The van der Waals surface area contributed by atoms with Crippen LogP contribution in [-0.2, 0) is 0 Å². The zero-order valence-electron chi connectivity index (χ0n) is 13.4. The molecule has 0 aromatic heterocycles. The number of nitrogens with one attached hydrogen (secondary N) is 1. The highest BCUT2D eigenvalue weighted by Gasteiger charge is 2.19. The highest BCUT2D eigenvalue weighted by Crippen LogP contribution is 2.33. The molecule has 1 unspecified atom stereocenters. The van der Waals surface area contributed by atoms with E-state index in [1.165, 1.54) is 11.1 Å². The lowest BCUT2D eigenvalue weighted by atomic mass is 9.92. The number of methoxy groups -OCH3 is 2. The Balaban J connectivity index is 2.54. The molecule has 1 atom stereocenters. The molecule has 2 aromatic carbocycles. The second-order valence-corrected chi connectivity index (χ2v) is 5.14. The van der Waals surface area contributed by atoms with E-state index in [1.54, 1.807) is 14.2 Å². The molecule has 3 heteroatoms. The van der Waals surface area contributed by atoms with Crippen molar-refractivity contribution in [1.29, 1.82) is 0 Å². The van der Waals surface area contributed by atoms with Crippen LogP contribution in [0.15, 0.2) is 36.4 Å². The van der Waals surface area contributed by atoms with Gasteiger partial charge in [0.25, 0.3) is 0 Å². The van der Waals surface area contributed by atoms with Crippen LogP contribution in [-0.4, -0.2) is 21.3 Å². The Morgan fingerprint density at radius 2 is 1.52 bits per heavy atom. The van der Waals surface area contributed by atoms with Gasteiger partial charge in [-0.05, 0) is 49.7 Å². The summed E-state index contributed by atoms with van der Waals surface area (Å²) in [6.07, 6.45) is 0. The number of benzene rings is 2. The van der Waals surface area contributed by atoms with Gasteiger partial charge in [-0.25, -0.2) is 0 Å². The summed E-state index contributed by atoms with van der Waals surface area (Å²) in [5, 5.41) is 3.39. The summed E-state index contributed by atoms with van der Waals surface area (Å²) in [5.41, 5.74) is 4.70. The average molecular weight is 285 g/mol. The number of hydrogen-bond donors (Lipinski definition) is 1. The van der Waals surface area contributed by atoms with Crippen LogP contribution in [0.3, 0.4) is 0 Å². The molecular weight excluding hydrogens is 262 g/mol. The topological polar surface area (TPSA) is 30.5 Å². The van der Waals surface area contributed by atoms with Crippen molar-refractivity contribution < 1.29 is 9.47 Å². The first-order valence-corrected chi connectivity index (χ1v) is 7.07. The van der Waals surface area contributed by atoms with Gasteiger partial charge in [-0.2, -0.15) is 0 Å². The van der Waals surface area contributed by atoms with E-state index in [9.17, 15) is 0 Å². The fourth-order valence-corrected chi connectivity index (χ4v) is 2.73. The second-order valence-electron chi connectivity index (χ2n) is 5.14. The first-order valence-electron chi connectivity index (χ1n) is 7.07. The zero-order valence-corrected chi connectivity index (χ0v) is 13.4. The fraction of sp³-hybridized carbons (Fsp3) is 0.333. The van der Waals surface area contributed by atoms with Crippen molar-refractivity contribution in [2.24, 2.45) is 0 Å². The minimum Gasteiger partial charge on any atom is -0.496 e. The Morgan fingerprint density at radius 1 is 0.857 bits per heavy atom. The molecule has 0 aliphatic heterocycles. The monoisotopic (exact) mass is 285 g/mol. The third kappa shape index (κ3) is 3.03. The molecule has 0 heterocycles. The third-order valence-electron chi connectivity index (χ3n) is 3.83. The molecule has 2 rings (SSSR count). The Labute approximate surface area is 126 Å². The van der Waals surface area contributed by atoms with Crippen molar-refractivity contribution >= 4 is 0 Å². The molecule has 0 radical (unpaired) electrons. The Hall–Kier alpha value is -2.00. The van der Waals surface area contributed by atoms with Crippen LogP contribution >= 0.6 is 0 Å². The van der Waals surface area contributed by atoms with Gasteiger partial charge in [0.1, 0.15) is 11.5 Å². The molecule has 1 N–H and O–H groups in total. The number of rotatable bonds is 5. The average Bonchev–Trinajstić information content (AvgIpc) is 2.51. The summed E-state index contributed by atoms with van der Waals surface area (Å²) in [4.78, 5) is 0. The first-order chi connectivity index (χ1) is 10.1. The molecule has 21 heavy (non-hydrogen) atoms. The molecule has 0 spiro atoms. The minimum atomic E-state index is 0.0887. The summed E-state index contributed by atoms with van der Waals surface area (Å²) >= 11 is 0. The van der Waals surface area contributed by atoms with E-state index in [0.29, 0.717) is 0 Å².